The Morgan fingerprint density at radius 2 is 2.06 bits per heavy atom. The molecule has 1 aromatic carbocycles. The number of methoxy groups -OCH3 is 1. The van der Waals surface area contributed by atoms with Gasteiger partial charge in [-0.25, -0.2) is 13.1 Å². The molecule has 0 fully saturated rings. The van der Waals surface area contributed by atoms with E-state index < -0.39 is 10.0 Å². The maximum absolute atomic E-state index is 12.0. The highest BCUT2D eigenvalue weighted by Gasteiger charge is 2.14. The smallest absolute Gasteiger partial charge is 0.240 e. The highest BCUT2D eigenvalue weighted by molar-refractivity contribution is 14.1. The maximum Gasteiger partial charge on any atom is 0.240 e. The molecule has 0 amide bonds. The third-order valence-corrected chi connectivity index (χ3v) is 4.81. The summed E-state index contributed by atoms with van der Waals surface area (Å²) in [5, 5.41) is 0. The zero-order chi connectivity index (χ0) is 13.6. The number of sulfonamides is 1. The van der Waals surface area contributed by atoms with Crippen molar-refractivity contribution < 1.29 is 13.2 Å². The number of rotatable bonds is 7. The van der Waals surface area contributed by atoms with E-state index in [1.165, 1.54) is 0 Å². The molecule has 6 heteroatoms. The zero-order valence-corrected chi connectivity index (χ0v) is 13.5. The molecule has 1 aromatic rings. The highest BCUT2D eigenvalue weighted by atomic mass is 127. The summed E-state index contributed by atoms with van der Waals surface area (Å²) in [5.41, 5.74) is 0. The number of nitrogens with one attached hydrogen (secondary N) is 1. The van der Waals surface area contributed by atoms with Gasteiger partial charge in [0.25, 0.3) is 0 Å². The van der Waals surface area contributed by atoms with Crippen molar-refractivity contribution in [2.24, 2.45) is 0 Å². The standard InChI is InChI=1S/C12H18INO3S/c1-3-4-5-8-14-18(15,16)10-6-7-12(17-2)11(13)9-10/h6-7,9,14H,3-5,8H2,1-2H3. The molecule has 0 aromatic heterocycles. The van der Waals surface area contributed by atoms with E-state index in [-0.39, 0.29) is 4.90 Å². The predicted octanol–water partition coefficient (Wildman–Crippen LogP) is 2.77. The molecule has 0 spiro atoms. The minimum absolute atomic E-state index is 0.282. The van der Waals surface area contributed by atoms with Crippen LogP contribution in [0.2, 0.25) is 0 Å². The van der Waals surface area contributed by atoms with Gasteiger partial charge >= 0.3 is 0 Å². The minimum atomic E-state index is -3.40. The first-order valence-corrected chi connectivity index (χ1v) is 8.40. The van der Waals surface area contributed by atoms with E-state index in [1.807, 2.05) is 0 Å². The molecule has 1 N–H and O–H groups in total. The molecule has 0 unspecified atom stereocenters. The lowest BCUT2D eigenvalue weighted by Gasteiger charge is -2.08. The third-order valence-electron chi connectivity index (χ3n) is 2.51. The van der Waals surface area contributed by atoms with E-state index in [0.717, 1.165) is 22.8 Å². The van der Waals surface area contributed by atoms with E-state index >= 15 is 0 Å². The van der Waals surface area contributed by atoms with Crippen LogP contribution in [0.1, 0.15) is 26.2 Å². The van der Waals surface area contributed by atoms with Crippen molar-refractivity contribution in [3.05, 3.63) is 21.8 Å². The van der Waals surface area contributed by atoms with Gasteiger partial charge in [-0.3, -0.25) is 0 Å². The average molecular weight is 383 g/mol. The van der Waals surface area contributed by atoms with Crippen molar-refractivity contribution >= 4 is 32.6 Å². The van der Waals surface area contributed by atoms with Crippen molar-refractivity contribution in [2.45, 2.75) is 31.1 Å². The van der Waals surface area contributed by atoms with Crippen LogP contribution in [0.3, 0.4) is 0 Å². The number of ether oxygens (including phenoxy) is 1. The van der Waals surface area contributed by atoms with Gasteiger partial charge in [-0.15, -0.1) is 0 Å². The number of benzene rings is 1. The Balaban J connectivity index is 2.76. The zero-order valence-electron chi connectivity index (χ0n) is 10.6. The Bertz CT molecular complexity index is 488. The van der Waals surface area contributed by atoms with E-state index in [4.69, 9.17) is 4.74 Å². The molecule has 0 bridgehead atoms. The second-order valence-corrected chi connectivity index (χ2v) is 6.83. The number of unbranched alkanes of at least 4 members (excludes halogenated alkanes) is 2. The fourth-order valence-electron chi connectivity index (χ4n) is 1.48. The van der Waals surface area contributed by atoms with Gasteiger partial charge in [0.05, 0.1) is 15.6 Å². The third kappa shape index (κ3) is 4.40. The molecule has 0 aliphatic carbocycles. The normalized spacial score (nSPS) is 11.5. The lowest BCUT2D eigenvalue weighted by molar-refractivity contribution is 0.411. The molecule has 0 radical (unpaired) electrons. The highest BCUT2D eigenvalue weighted by Crippen LogP contribution is 2.23. The van der Waals surface area contributed by atoms with Crippen LogP contribution >= 0.6 is 22.6 Å². The molecular formula is C12H18INO3S. The molecule has 0 aliphatic rings. The van der Waals surface area contributed by atoms with E-state index in [1.54, 1.807) is 25.3 Å². The Labute approximate surface area is 122 Å². The lowest BCUT2D eigenvalue weighted by atomic mass is 10.3. The maximum atomic E-state index is 12.0. The number of hydrogen-bond donors (Lipinski definition) is 1. The van der Waals surface area contributed by atoms with Gasteiger partial charge < -0.3 is 4.74 Å². The summed E-state index contributed by atoms with van der Waals surface area (Å²) >= 11 is 2.06. The van der Waals surface area contributed by atoms with Gasteiger partial charge in [0, 0.05) is 6.54 Å². The summed E-state index contributed by atoms with van der Waals surface area (Å²) in [5.74, 6) is 0.681. The van der Waals surface area contributed by atoms with Crippen LogP contribution < -0.4 is 9.46 Å². The van der Waals surface area contributed by atoms with Crippen LogP contribution in [0.5, 0.6) is 5.75 Å². The van der Waals surface area contributed by atoms with E-state index in [9.17, 15) is 8.42 Å². The van der Waals surface area contributed by atoms with Gasteiger partial charge in [0.2, 0.25) is 10.0 Å². The molecular weight excluding hydrogens is 365 g/mol. The molecule has 1 rings (SSSR count). The van der Waals surface area contributed by atoms with E-state index in [0.29, 0.717) is 12.3 Å². The fourth-order valence-corrected chi connectivity index (χ4v) is 3.53. The van der Waals surface area contributed by atoms with Gasteiger partial charge in [0.1, 0.15) is 5.75 Å². The summed E-state index contributed by atoms with van der Waals surface area (Å²) in [4.78, 5) is 0.282. The van der Waals surface area contributed by atoms with Crippen molar-refractivity contribution in [2.75, 3.05) is 13.7 Å². The minimum Gasteiger partial charge on any atom is -0.496 e. The Morgan fingerprint density at radius 1 is 1.33 bits per heavy atom. The van der Waals surface area contributed by atoms with Crippen LogP contribution in [0, 0.1) is 3.57 Å². The largest absolute Gasteiger partial charge is 0.496 e. The summed E-state index contributed by atoms with van der Waals surface area (Å²) in [6.07, 6.45) is 2.97. The van der Waals surface area contributed by atoms with Crippen LogP contribution in [0.15, 0.2) is 23.1 Å². The van der Waals surface area contributed by atoms with Crippen LogP contribution in [0.25, 0.3) is 0 Å². The van der Waals surface area contributed by atoms with Crippen LogP contribution in [-0.4, -0.2) is 22.1 Å². The number of halogens is 1. The molecule has 0 atom stereocenters. The fraction of sp³-hybridized carbons (Fsp3) is 0.500. The Morgan fingerprint density at radius 3 is 2.61 bits per heavy atom. The molecule has 0 saturated heterocycles. The van der Waals surface area contributed by atoms with Crippen molar-refractivity contribution in [3.63, 3.8) is 0 Å². The first-order chi connectivity index (χ1) is 8.51. The first kappa shape index (κ1) is 15.7. The van der Waals surface area contributed by atoms with E-state index in [2.05, 4.69) is 34.2 Å². The Kier molecular flexibility index (Phi) is 6.37. The molecule has 4 nitrogen and oxygen atoms in total. The molecule has 18 heavy (non-hydrogen) atoms. The predicted molar refractivity (Wildman–Crippen MR) is 80.4 cm³/mol. The summed E-state index contributed by atoms with van der Waals surface area (Å²) in [6, 6.07) is 4.84. The van der Waals surface area contributed by atoms with Gasteiger partial charge in [-0.05, 0) is 47.2 Å². The molecule has 102 valence electrons. The van der Waals surface area contributed by atoms with Crippen molar-refractivity contribution in [1.82, 2.24) is 4.72 Å². The molecule has 0 saturated carbocycles. The van der Waals surface area contributed by atoms with Crippen LogP contribution in [-0.2, 0) is 10.0 Å². The lowest BCUT2D eigenvalue weighted by Crippen LogP contribution is -2.24. The number of hydrogen-bond acceptors (Lipinski definition) is 3. The quantitative estimate of drug-likeness (QED) is 0.582. The first-order valence-electron chi connectivity index (χ1n) is 5.84. The molecule has 0 heterocycles. The second-order valence-electron chi connectivity index (χ2n) is 3.90. The van der Waals surface area contributed by atoms with Gasteiger partial charge in [0.15, 0.2) is 0 Å². The van der Waals surface area contributed by atoms with Crippen LogP contribution in [0.4, 0.5) is 0 Å². The SMILES string of the molecule is CCCCCNS(=O)(=O)c1ccc(OC)c(I)c1. The summed E-state index contributed by atoms with van der Waals surface area (Å²) in [6.45, 7) is 2.57. The van der Waals surface area contributed by atoms with Gasteiger partial charge in [-0.2, -0.15) is 0 Å². The summed E-state index contributed by atoms with van der Waals surface area (Å²) in [7, 11) is -1.83. The summed E-state index contributed by atoms with van der Waals surface area (Å²) < 4.78 is 32.5. The van der Waals surface area contributed by atoms with Gasteiger partial charge in [-0.1, -0.05) is 19.8 Å². The van der Waals surface area contributed by atoms with Crippen molar-refractivity contribution in [1.29, 1.82) is 0 Å². The topological polar surface area (TPSA) is 55.4 Å². The monoisotopic (exact) mass is 383 g/mol. The van der Waals surface area contributed by atoms with Crippen molar-refractivity contribution in [3.8, 4) is 5.75 Å². The second kappa shape index (κ2) is 7.30. The average Bonchev–Trinajstić information content (AvgIpc) is 2.34. The Hall–Kier alpha value is -0.340. The molecule has 0 aliphatic heterocycles.